The van der Waals surface area contributed by atoms with E-state index < -0.39 is 0 Å². The van der Waals surface area contributed by atoms with E-state index in [9.17, 15) is 4.39 Å². The summed E-state index contributed by atoms with van der Waals surface area (Å²) in [4.78, 5) is 0. The molecular weight excluding hydrogens is 379 g/mol. The molecule has 6 nitrogen and oxygen atoms in total. The Morgan fingerprint density at radius 3 is 2.57 bits per heavy atom. The van der Waals surface area contributed by atoms with Crippen LogP contribution in [0.25, 0.3) is 11.0 Å². The van der Waals surface area contributed by atoms with Gasteiger partial charge in [0.05, 0.1) is 6.54 Å². The van der Waals surface area contributed by atoms with Gasteiger partial charge in [-0.1, -0.05) is 65.3 Å². The highest BCUT2D eigenvalue weighted by atomic mass is 35.5. The van der Waals surface area contributed by atoms with Gasteiger partial charge in [-0.3, -0.25) is 0 Å². The molecule has 4 rings (SSSR count). The van der Waals surface area contributed by atoms with Crippen LogP contribution in [0.15, 0.2) is 54.6 Å². The summed E-state index contributed by atoms with van der Waals surface area (Å²) in [6.45, 7) is 2.26. The van der Waals surface area contributed by atoms with Crippen molar-refractivity contribution < 1.29 is 4.39 Å². The van der Waals surface area contributed by atoms with Crippen molar-refractivity contribution in [3.63, 3.8) is 0 Å². The van der Waals surface area contributed by atoms with E-state index >= 15 is 0 Å². The standard InChI is InChI=1S/C20H18ClFN6/c1-13(11-14-7-3-2-4-8-14)23-20-17-18(19(21)25-26-20)28(27-24-17)12-15-9-5-6-10-16(15)22/h2-10,13H,11-12H2,1H3,(H,23,26)/t13-/m1/s1. The lowest BCUT2D eigenvalue weighted by Gasteiger charge is -2.14. The van der Waals surface area contributed by atoms with Crippen molar-refractivity contribution in [2.45, 2.75) is 25.9 Å². The first kappa shape index (κ1) is 18.3. The molecule has 0 unspecified atom stereocenters. The molecule has 0 saturated heterocycles. The summed E-state index contributed by atoms with van der Waals surface area (Å²) < 4.78 is 15.5. The molecule has 2 aromatic carbocycles. The van der Waals surface area contributed by atoms with Crippen LogP contribution in [0.1, 0.15) is 18.1 Å². The predicted molar refractivity (Wildman–Crippen MR) is 107 cm³/mol. The van der Waals surface area contributed by atoms with Crippen molar-refractivity contribution in [1.29, 1.82) is 0 Å². The summed E-state index contributed by atoms with van der Waals surface area (Å²) >= 11 is 6.25. The number of aromatic nitrogens is 5. The van der Waals surface area contributed by atoms with Crippen LogP contribution in [0, 0.1) is 5.82 Å². The van der Waals surface area contributed by atoms with E-state index in [1.807, 2.05) is 18.2 Å². The summed E-state index contributed by atoms with van der Waals surface area (Å²) in [6.07, 6.45) is 0.815. The molecular formula is C20H18ClFN6. The number of halogens is 2. The molecule has 0 bridgehead atoms. The Hall–Kier alpha value is -3.06. The smallest absolute Gasteiger partial charge is 0.179 e. The minimum absolute atomic E-state index is 0.0952. The van der Waals surface area contributed by atoms with Gasteiger partial charge in [-0.25, -0.2) is 9.07 Å². The first-order valence-electron chi connectivity index (χ1n) is 8.91. The summed E-state index contributed by atoms with van der Waals surface area (Å²) in [5.74, 6) is 0.196. The van der Waals surface area contributed by atoms with Gasteiger partial charge in [-0.05, 0) is 25.0 Å². The lowest BCUT2D eigenvalue weighted by Crippen LogP contribution is -2.19. The van der Waals surface area contributed by atoms with E-state index in [-0.39, 0.29) is 23.6 Å². The second-order valence-electron chi connectivity index (χ2n) is 6.61. The molecule has 4 aromatic rings. The maximum Gasteiger partial charge on any atom is 0.179 e. The molecule has 0 saturated carbocycles. The number of fused-ring (bicyclic) bond motifs is 1. The number of benzene rings is 2. The van der Waals surface area contributed by atoms with Gasteiger partial charge in [-0.15, -0.1) is 15.3 Å². The molecule has 0 radical (unpaired) electrons. The second kappa shape index (κ2) is 7.90. The van der Waals surface area contributed by atoms with E-state index in [2.05, 4.69) is 44.9 Å². The first-order valence-corrected chi connectivity index (χ1v) is 9.29. The molecule has 1 N–H and O–H groups in total. The van der Waals surface area contributed by atoms with Crippen molar-refractivity contribution in [2.75, 3.05) is 5.32 Å². The third kappa shape index (κ3) is 3.80. The van der Waals surface area contributed by atoms with Gasteiger partial charge < -0.3 is 5.32 Å². The predicted octanol–water partition coefficient (Wildman–Crippen LogP) is 4.11. The van der Waals surface area contributed by atoms with Gasteiger partial charge >= 0.3 is 0 Å². The summed E-state index contributed by atoms with van der Waals surface area (Å²) in [5.41, 5.74) is 2.74. The molecule has 0 amide bonds. The van der Waals surface area contributed by atoms with Crippen LogP contribution in [-0.2, 0) is 13.0 Å². The van der Waals surface area contributed by atoms with Crippen molar-refractivity contribution in [1.82, 2.24) is 25.2 Å². The Labute approximate surface area is 166 Å². The van der Waals surface area contributed by atoms with Gasteiger partial charge in [0.25, 0.3) is 0 Å². The van der Waals surface area contributed by atoms with Crippen LogP contribution in [-0.4, -0.2) is 31.2 Å². The minimum Gasteiger partial charge on any atom is -0.364 e. The summed E-state index contributed by atoms with van der Waals surface area (Å²) in [5, 5.41) is 20.0. The number of rotatable bonds is 6. The van der Waals surface area contributed by atoms with Crippen LogP contribution >= 0.6 is 11.6 Å². The van der Waals surface area contributed by atoms with Crippen molar-refractivity contribution in [3.05, 3.63) is 76.7 Å². The average molecular weight is 397 g/mol. The first-order chi connectivity index (χ1) is 13.6. The highest BCUT2D eigenvalue weighted by Crippen LogP contribution is 2.25. The van der Waals surface area contributed by atoms with Crippen LogP contribution < -0.4 is 5.32 Å². The maximum atomic E-state index is 14.0. The number of anilines is 1. The van der Waals surface area contributed by atoms with Gasteiger partial charge in [0.2, 0.25) is 0 Å². The average Bonchev–Trinajstić information content (AvgIpc) is 3.11. The van der Waals surface area contributed by atoms with E-state index in [1.165, 1.54) is 16.3 Å². The van der Waals surface area contributed by atoms with Crippen LogP contribution in [0.5, 0.6) is 0 Å². The third-order valence-electron chi connectivity index (χ3n) is 4.44. The fourth-order valence-electron chi connectivity index (χ4n) is 3.11. The Kier molecular flexibility index (Phi) is 5.16. The third-order valence-corrected chi connectivity index (χ3v) is 4.69. The van der Waals surface area contributed by atoms with Crippen molar-refractivity contribution in [2.24, 2.45) is 0 Å². The maximum absolute atomic E-state index is 14.0. The zero-order chi connectivity index (χ0) is 19.5. The van der Waals surface area contributed by atoms with E-state index in [4.69, 9.17) is 11.6 Å². The van der Waals surface area contributed by atoms with Gasteiger partial charge in [-0.2, -0.15) is 0 Å². The molecule has 0 aliphatic heterocycles. The largest absolute Gasteiger partial charge is 0.364 e. The molecule has 28 heavy (non-hydrogen) atoms. The summed E-state index contributed by atoms with van der Waals surface area (Å²) in [6, 6.07) is 16.8. The quantitative estimate of drug-likeness (QED) is 0.531. The molecule has 0 fully saturated rings. The number of nitrogens with zero attached hydrogens (tertiary/aromatic N) is 5. The van der Waals surface area contributed by atoms with Gasteiger partial charge in [0.15, 0.2) is 16.5 Å². The summed E-state index contributed by atoms with van der Waals surface area (Å²) in [7, 11) is 0. The van der Waals surface area contributed by atoms with Gasteiger partial charge in [0.1, 0.15) is 11.3 Å². The SMILES string of the molecule is C[C@H](Cc1ccccc1)Nc1nnc(Cl)c2c1nnn2Cc1ccccc1F. The van der Waals surface area contributed by atoms with Crippen LogP contribution in [0.3, 0.4) is 0 Å². The molecule has 0 spiro atoms. The topological polar surface area (TPSA) is 68.5 Å². The zero-order valence-corrected chi connectivity index (χ0v) is 15.9. The monoisotopic (exact) mass is 396 g/mol. The zero-order valence-electron chi connectivity index (χ0n) is 15.2. The normalized spacial score (nSPS) is 12.2. The van der Waals surface area contributed by atoms with E-state index in [0.717, 1.165) is 6.42 Å². The Bertz CT molecular complexity index is 1100. The fourth-order valence-corrected chi connectivity index (χ4v) is 3.34. The Morgan fingerprint density at radius 1 is 1.04 bits per heavy atom. The van der Waals surface area contributed by atoms with Gasteiger partial charge in [0, 0.05) is 11.6 Å². The van der Waals surface area contributed by atoms with E-state index in [1.54, 1.807) is 18.2 Å². The highest BCUT2D eigenvalue weighted by molar-refractivity contribution is 6.33. The molecule has 0 aliphatic rings. The number of hydrogen-bond acceptors (Lipinski definition) is 5. The van der Waals surface area contributed by atoms with E-state index in [0.29, 0.717) is 22.4 Å². The van der Waals surface area contributed by atoms with Crippen molar-refractivity contribution in [3.8, 4) is 0 Å². The van der Waals surface area contributed by atoms with Crippen molar-refractivity contribution >= 4 is 28.5 Å². The Balaban J connectivity index is 1.61. The Morgan fingerprint density at radius 2 is 1.79 bits per heavy atom. The fraction of sp³-hybridized carbons (Fsp3) is 0.200. The molecule has 1 atom stereocenters. The van der Waals surface area contributed by atoms with Crippen LogP contribution in [0.2, 0.25) is 5.15 Å². The lowest BCUT2D eigenvalue weighted by atomic mass is 10.1. The van der Waals surface area contributed by atoms with Crippen LogP contribution in [0.4, 0.5) is 10.2 Å². The molecule has 2 heterocycles. The molecule has 2 aromatic heterocycles. The number of nitrogens with one attached hydrogen (secondary N) is 1. The molecule has 8 heteroatoms. The molecule has 142 valence electrons. The second-order valence-corrected chi connectivity index (χ2v) is 6.97. The lowest BCUT2D eigenvalue weighted by molar-refractivity contribution is 0.583. The molecule has 0 aliphatic carbocycles. The highest BCUT2D eigenvalue weighted by Gasteiger charge is 2.18. The minimum atomic E-state index is -0.306. The number of hydrogen-bond donors (Lipinski definition) is 1.